The number of carbonyl (C=O) groups excluding carboxylic acids is 2. The van der Waals surface area contributed by atoms with Gasteiger partial charge in [-0.25, -0.2) is 9.07 Å². The number of aromatic nitrogens is 5. The summed E-state index contributed by atoms with van der Waals surface area (Å²) < 4.78 is 15.5. The Labute approximate surface area is 191 Å². The van der Waals surface area contributed by atoms with Gasteiger partial charge in [-0.3, -0.25) is 14.6 Å². The summed E-state index contributed by atoms with van der Waals surface area (Å²) in [4.78, 5) is 31.9. The van der Waals surface area contributed by atoms with Gasteiger partial charge in [0.05, 0.1) is 18.3 Å². The molecule has 0 bridgehead atoms. The second kappa shape index (κ2) is 9.85. The van der Waals surface area contributed by atoms with Crippen LogP contribution >= 0.6 is 0 Å². The van der Waals surface area contributed by atoms with Crippen molar-refractivity contribution < 1.29 is 14.0 Å². The molecule has 0 saturated carbocycles. The maximum absolute atomic E-state index is 14.3. The van der Waals surface area contributed by atoms with Gasteiger partial charge in [-0.05, 0) is 33.5 Å². The predicted molar refractivity (Wildman–Crippen MR) is 118 cm³/mol. The Bertz CT molecular complexity index is 1070. The third kappa shape index (κ3) is 5.21. The molecule has 4 rings (SSSR count). The number of tetrazole rings is 1. The van der Waals surface area contributed by atoms with E-state index in [1.54, 1.807) is 6.20 Å². The lowest BCUT2D eigenvalue weighted by atomic mass is 10.00. The highest BCUT2D eigenvalue weighted by Crippen LogP contribution is 2.26. The number of amides is 2. The van der Waals surface area contributed by atoms with Crippen LogP contribution in [-0.4, -0.2) is 60.7 Å². The van der Waals surface area contributed by atoms with E-state index in [0.717, 1.165) is 11.1 Å². The molecule has 1 N–H and O–H groups in total. The largest absolute Gasteiger partial charge is 0.342 e. The molecule has 10 heteroatoms. The molecule has 1 aliphatic rings. The minimum Gasteiger partial charge on any atom is -0.342 e. The van der Waals surface area contributed by atoms with E-state index in [0.29, 0.717) is 11.6 Å². The van der Waals surface area contributed by atoms with E-state index in [4.69, 9.17) is 0 Å². The Morgan fingerprint density at radius 3 is 2.58 bits per heavy atom. The van der Waals surface area contributed by atoms with Crippen molar-refractivity contribution in [3.8, 4) is 0 Å². The van der Waals surface area contributed by atoms with Gasteiger partial charge in [0.15, 0.2) is 0 Å². The summed E-state index contributed by atoms with van der Waals surface area (Å²) >= 11 is 0. The summed E-state index contributed by atoms with van der Waals surface area (Å²) in [6, 6.07) is 11.9. The number of carbonyl (C=O) groups is 2. The van der Waals surface area contributed by atoms with Crippen molar-refractivity contribution in [3.05, 3.63) is 71.8 Å². The molecular weight excluding hydrogens is 425 g/mol. The van der Waals surface area contributed by atoms with Crippen molar-refractivity contribution in [2.75, 3.05) is 6.54 Å². The molecule has 33 heavy (non-hydrogen) atoms. The van der Waals surface area contributed by atoms with Gasteiger partial charge in [0.25, 0.3) is 0 Å². The minimum absolute atomic E-state index is 0.0611. The van der Waals surface area contributed by atoms with Gasteiger partial charge in [0, 0.05) is 12.6 Å². The molecule has 0 aliphatic carbocycles. The summed E-state index contributed by atoms with van der Waals surface area (Å²) in [6.07, 6.45) is 1.76. The summed E-state index contributed by atoms with van der Waals surface area (Å²) in [5.41, 5.74) is 2.60. The standard InChI is InChI=1S/C23H26FN7O2/c1-15(2)17-8-9-19(25-11-17)22(16-6-4-3-5-7-16)27-23(33)20-10-18(24)12-31(20)21(32)13-30-14-26-28-29-30/h3-9,11,14-15,18,20,22H,10,12-13H2,1-2H3,(H,27,33). The van der Waals surface area contributed by atoms with Crippen LogP contribution in [0.15, 0.2) is 55.0 Å². The lowest BCUT2D eigenvalue weighted by Gasteiger charge is -2.26. The zero-order valence-corrected chi connectivity index (χ0v) is 18.5. The maximum Gasteiger partial charge on any atom is 0.245 e. The molecule has 1 fully saturated rings. The molecule has 3 atom stereocenters. The average Bonchev–Trinajstić information content (AvgIpc) is 3.47. The van der Waals surface area contributed by atoms with Crippen molar-refractivity contribution in [3.63, 3.8) is 0 Å². The van der Waals surface area contributed by atoms with E-state index >= 15 is 0 Å². The number of halogens is 1. The van der Waals surface area contributed by atoms with E-state index in [1.165, 1.54) is 15.9 Å². The van der Waals surface area contributed by atoms with Gasteiger partial charge >= 0.3 is 0 Å². The van der Waals surface area contributed by atoms with Gasteiger partial charge in [-0.15, -0.1) is 5.10 Å². The quantitative estimate of drug-likeness (QED) is 0.589. The lowest BCUT2D eigenvalue weighted by Crippen LogP contribution is -2.48. The molecular formula is C23H26FN7O2. The van der Waals surface area contributed by atoms with Crippen molar-refractivity contribution >= 4 is 11.8 Å². The Hall–Kier alpha value is -3.69. The van der Waals surface area contributed by atoms with Crippen LogP contribution in [0.5, 0.6) is 0 Å². The molecule has 3 heterocycles. The molecule has 1 aliphatic heterocycles. The Balaban J connectivity index is 1.56. The summed E-state index contributed by atoms with van der Waals surface area (Å²) in [7, 11) is 0. The van der Waals surface area contributed by atoms with Crippen molar-refractivity contribution in [1.29, 1.82) is 0 Å². The molecule has 3 aromatic rings. The number of rotatable bonds is 7. The summed E-state index contributed by atoms with van der Waals surface area (Å²) in [5, 5.41) is 13.7. The summed E-state index contributed by atoms with van der Waals surface area (Å²) in [5.74, 6) is -0.516. The number of alkyl halides is 1. The first kappa shape index (κ1) is 22.5. The van der Waals surface area contributed by atoms with Crippen LogP contribution in [0, 0.1) is 0 Å². The second-order valence-electron chi connectivity index (χ2n) is 8.43. The fourth-order valence-electron chi connectivity index (χ4n) is 3.93. The number of likely N-dealkylation sites (tertiary alicyclic amines) is 1. The van der Waals surface area contributed by atoms with E-state index < -0.39 is 30.1 Å². The first-order valence-electron chi connectivity index (χ1n) is 10.9. The van der Waals surface area contributed by atoms with E-state index in [1.807, 2.05) is 42.5 Å². The van der Waals surface area contributed by atoms with Crippen molar-refractivity contribution in [1.82, 2.24) is 35.4 Å². The van der Waals surface area contributed by atoms with E-state index in [9.17, 15) is 14.0 Å². The van der Waals surface area contributed by atoms with Crippen molar-refractivity contribution in [2.24, 2.45) is 0 Å². The molecule has 9 nitrogen and oxygen atoms in total. The molecule has 0 radical (unpaired) electrons. The fourth-order valence-corrected chi connectivity index (χ4v) is 3.93. The highest BCUT2D eigenvalue weighted by Gasteiger charge is 2.40. The zero-order chi connectivity index (χ0) is 23.4. The molecule has 1 aromatic carbocycles. The van der Waals surface area contributed by atoms with Crippen molar-refractivity contribution in [2.45, 2.75) is 51.0 Å². The highest BCUT2D eigenvalue weighted by molar-refractivity contribution is 5.88. The second-order valence-corrected chi connectivity index (χ2v) is 8.43. The minimum atomic E-state index is -1.28. The van der Waals surface area contributed by atoms with Gasteiger partial charge in [0.1, 0.15) is 25.1 Å². The highest BCUT2D eigenvalue weighted by atomic mass is 19.1. The molecule has 172 valence electrons. The number of nitrogens with one attached hydrogen (secondary N) is 1. The first-order valence-corrected chi connectivity index (χ1v) is 10.9. The van der Waals surface area contributed by atoms with Crippen LogP contribution in [0.2, 0.25) is 0 Å². The van der Waals surface area contributed by atoms with Gasteiger partial charge < -0.3 is 10.2 Å². The fraction of sp³-hybridized carbons (Fsp3) is 0.391. The van der Waals surface area contributed by atoms with E-state index in [-0.39, 0.29) is 19.5 Å². The van der Waals surface area contributed by atoms with Crippen LogP contribution < -0.4 is 5.32 Å². The zero-order valence-electron chi connectivity index (χ0n) is 18.5. The van der Waals surface area contributed by atoms with Gasteiger partial charge in [-0.1, -0.05) is 50.2 Å². The smallest absolute Gasteiger partial charge is 0.245 e. The summed E-state index contributed by atoms with van der Waals surface area (Å²) in [6.45, 7) is 3.86. The third-order valence-corrected chi connectivity index (χ3v) is 5.75. The monoisotopic (exact) mass is 451 g/mol. The molecule has 2 amide bonds. The van der Waals surface area contributed by atoms with Crippen LogP contribution in [0.1, 0.15) is 49.0 Å². The third-order valence-electron chi connectivity index (χ3n) is 5.75. The van der Waals surface area contributed by atoms with Crippen LogP contribution in [0.25, 0.3) is 0 Å². The van der Waals surface area contributed by atoms with Crippen LogP contribution in [-0.2, 0) is 16.1 Å². The van der Waals surface area contributed by atoms with Gasteiger partial charge in [0.2, 0.25) is 11.8 Å². The van der Waals surface area contributed by atoms with Gasteiger partial charge in [-0.2, -0.15) is 0 Å². The predicted octanol–water partition coefficient (Wildman–Crippen LogP) is 2.04. The average molecular weight is 452 g/mol. The van der Waals surface area contributed by atoms with E-state index in [2.05, 4.69) is 39.7 Å². The number of benzene rings is 1. The van der Waals surface area contributed by atoms with Crippen LogP contribution in [0.3, 0.4) is 0 Å². The Kier molecular flexibility index (Phi) is 6.71. The Morgan fingerprint density at radius 2 is 1.94 bits per heavy atom. The molecule has 3 unspecified atom stereocenters. The lowest BCUT2D eigenvalue weighted by molar-refractivity contribution is -0.139. The number of pyridine rings is 1. The first-order chi connectivity index (χ1) is 15.9. The number of hydrogen-bond donors (Lipinski definition) is 1. The number of nitrogens with zero attached hydrogens (tertiary/aromatic N) is 6. The number of hydrogen-bond acceptors (Lipinski definition) is 6. The molecule has 0 spiro atoms. The topological polar surface area (TPSA) is 106 Å². The maximum atomic E-state index is 14.3. The molecule has 1 saturated heterocycles. The Morgan fingerprint density at radius 1 is 1.15 bits per heavy atom. The normalized spacial score (nSPS) is 19.0. The van der Waals surface area contributed by atoms with Crippen LogP contribution in [0.4, 0.5) is 4.39 Å². The molecule has 2 aromatic heterocycles. The SMILES string of the molecule is CC(C)c1ccc(C(NC(=O)C2CC(F)CN2C(=O)Cn2cnnn2)c2ccccc2)nc1.